The van der Waals surface area contributed by atoms with Crippen LogP contribution < -0.4 is 0 Å². The highest BCUT2D eigenvalue weighted by molar-refractivity contribution is 8.00. The van der Waals surface area contributed by atoms with Crippen molar-refractivity contribution < 1.29 is 18.3 Å². The van der Waals surface area contributed by atoms with E-state index in [0.29, 0.717) is 30.3 Å². The molecular weight excluding hydrogens is 422 g/mol. The number of hydrogen-bond acceptors (Lipinski definition) is 6. The normalized spacial score (nSPS) is 25.7. The summed E-state index contributed by atoms with van der Waals surface area (Å²) < 4.78 is 21.9. The Balaban J connectivity index is 1.38. The summed E-state index contributed by atoms with van der Waals surface area (Å²) in [6, 6.07) is 7.67. The van der Waals surface area contributed by atoms with Crippen molar-refractivity contribution in [1.82, 2.24) is 10.1 Å². The molecular formula is C21H25N3O4S2. The van der Waals surface area contributed by atoms with Crippen LogP contribution in [0.15, 0.2) is 44.3 Å². The number of carbonyl (C=O) groups is 2. The molecule has 1 aromatic heterocycles. The average molecular weight is 448 g/mol. The number of fused-ring (bicyclic) bond motifs is 2. The largest absolute Gasteiger partial charge is 0.364 e. The third kappa shape index (κ3) is 4.78. The van der Waals surface area contributed by atoms with Gasteiger partial charge in [-0.1, -0.05) is 22.9 Å². The Morgan fingerprint density at radius 2 is 1.97 bits per heavy atom. The van der Waals surface area contributed by atoms with E-state index in [1.54, 1.807) is 11.8 Å². The van der Waals surface area contributed by atoms with Gasteiger partial charge < -0.3 is 9.42 Å². The molecule has 2 fully saturated rings. The number of carbonyl (C=O) groups excluding carboxylic acids is 2. The summed E-state index contributed by atoms with van der Waals surface area (Å²) in [5, 5.41) is 3.58. The summed E-state index contributed by atoms with van der Waals surface area (Å²) >= 11 is 1.57. The molecule has 2 aromatic rings. The quantitative estimate of drug-likeness (QED) is 0.669. The van der Waals surface area contributed by atoms with Crippen LogP contribution in [0.25, 0.3) is 0 Å². The van der Waals surface area contributed by atoms with E-state index in [2.05, 4.69) is 46.1 Å². The third-order valence-corrected chi connectivity index (χ3v) is 9.20. The van der Waals surface area contributed by atoms with Crippen molar-refractivity contribution in [3.8, 4) is 0 Å². The Kier molecular flexibility index (Phi) is 6.02. The van der Waals surface area contributed by atoms with E-state index in [1.165, 1.54) is 23.5 Å². The van der Waals surface area contributed by atoms with Gasteiger partial charge in [0.1, 0.15) is 6.26 Å². The fourth-order valence-electron chi connectivity index (χ4n) is 4.36. The highest BCUT2D eigenvalue weighted by atomic mass is 32.2. The molecule has 4 rings (SSSR count). The molecule has 0 radical (unpaired) electrons. The summed E-state index contributed by atoms with van der Waals surface area (Å²) in [7, 11) is -2.64. The number of hydrogen-bond donors (Lipinski definition) is 0. The van der Waals surface area contributed by atoms with Gasteiger partial charge in [0.2, 0.25) is 5.91 Å². The Labute approximate surface area is 180 Å². The monoisotopic (exact) mass is 447 g/mol. The lowest BCUT2D eigenvalue weighted by atomic mass is 9.91. The van der Waals surface area contributed by atoms with Gasteiger partial charge in [-0.15, -0.1) is 11.8 Å². The second kappa shape index (κ2) is 8.55. The lowest BCUT2D eigenvalue weighted by Gasteiger charge is -2.42. The number of benzene rings is 1. The van der Waals surface area contributed by atoms with E-state index in [4.69, 9.17) is 0 Å². The lowest BCUT2D eigenvalue weighted by Crippen LogP contribution is -2.51. The van der Waals surface area contributed by atoms with Crippen LogP contribution in [0.2, 0.25) is 0 Å². The van der Waals surface area contributed by atoms with Crippen LogP contribution >= 0.6 is 11.8 Å². The van der Waals surface area contributed by atoms with Gasteiger partial charge >= 0.3 is 5.91 Å². The molecule has 0 aliphatic carbocycles. The van der Waals surface area contributed by atoms with Crippen molar-refractivity contribution in [3.05, 3.63) is 47.3 Å². The molecule has 30 heavy (non-hydrogen) atoms. The molecule has 9 heteroatoms. The van der Waals surface area contributed by atoms with Crippen molar-refractivity contribution in [2.45, 2.75) is 25.2 Å². The minimum atomic E-state index is -2.64. The maximum absolute atomic E-state index is 13.2. The molecule has 2 aliphatic heterocycles. The highest BCUT2D eigenvalue weighted by Crippen LogP contribution is 2.32. The molecule has 0 N–H and O–H groups in total. The molecule has 2 aliphatic rings. The third-order valence-electron chi connectivity index (χ3n) is 5.56. The van der Waals surface area contributed by atoms with Crippen LogP contribution in [-0.2, 0) is 14.5 Å². The van der Waals surface area contributed by atoms with Crippen LogP contribution in [0, 0.1) is 25.7 Å². The van der Waals surface area contributed by atoms with E-state index in [9.17, 15) is 13.8 Å². The molecule has 0 spiro atoms. The molecule has 2 atom stereocenters. The zero-order valence-corrected chi connectivity index (χ0v) is 18.7. The predicted octanol–water partition coefficient (Wildman–Crippen LogP) is 3.17. The van der Waals surface area contributed by atoms with Crippen LogP contribution in [0.4, 0.5) is 0 Å². The van der Waals surface area contributed by atoms with Gasteiger partial charge in [-0.25, -0.2) is 4.21 Å². The fraction of sp³-hybridized carbons (Fsp3) is 0.476. The van der Waals surface area contributed by atoms with Gasteiger partial charge in [0.25, 0.3) is 0 Å². The molecule has 1 aromatic carbocycles. The molecule has 2 saturated heterocycles. The summed E-state index contributed by atoms with van der Waals surface area (Å²) in [6.07, 6.45) is 2.23. The Bertz CT molecular complexity index is 1050. The first-order valence-corrected chi connectivity index (χ1v) is 12.8. The first kappa shape index (κ1) is 21.1. The average Bonchev–Trinajstić information content (AvgIpc) is 3.21. The number of aromatic nitrogens is 1. The number of thioether (sulfide) groups is 1. The number of amides is 2. The molecule has 0 saturated carbocycles. The first-order chi connectivity index (χ1) is 14.3. The Hall–Kier alpha value is -2.13. The van der Waals surface area contributed by atoms with Gasteiger partial charge in [-0.3, -0.25) is 9.59 Å². The van der Waals surface area contributed by atoms with Gasteiger partial charge in [0.15, 0.2) is 5.69 Å². The van der Waals surface area contributed by atoms with Crippen molar-refractivity contribution in [2.75, 3.05) is 30.3 Å². The van der Waals surface area contributed by atoms with E-state index in [-0.39, 0.29) is 23.4 Å². The molecule has 2 bridgehead atoms. The van der Waals surface area contributed by atoms with Crippen LogP contribution in [0.1, 0.15) is 28.0 Å². The zero-order valence-electron chi connectivity index (χ0n) is 17.1. The predicted molar refractivity (Wildman–Crippen MR) is 116 cm³/mol. The maximum Gasteiger partial charge on any atom is 0.307 e. The second-order valence-corrected chi connectivity index (χ2v) is 11.6. The van der Waals surface area contributed by atoms with Gasteiger partial charge in [-0.05, 0) is 43.7 Å². The summed E-state index contributed by atoms with van der Waals surface area (Å²) in [4.78, 5) is 28.0. The smallest absolute Gasteiger partial charge is 0.307 e. The number of aryl methyl sites for hydroxylation is 2. The van der Waals surface area contributed by atoms with E-state index >= 15 is 0 Å². The molecule has 7 nitrogen and oxygen atoms in total. The zero-order chi connectivity index (χ0) is 21.3. The number of rotatable bonds is 4. The molecule has 3 heterocycles. The SMILES string of the molecule is Cc1ccc(SCC(=O)N2CC3CC(C2)CS(=O)(=NC(=O)c2ccon2)C3)c(C)c1. The van der Waals surface area contributed by atoms with Crippen molar-refractivity contribution in [2.24, 2.45) is 16.2 Å². The summed E-state index contributed by atoms with van der Waals surface area (Å²) in [5.41, 5.74) is 2.47. The van der Waals surface area contributed by atoms with Gasteiger partial charge in [-0.2, -0.15) is 4.36 Å². The minimum absolute atomic E-state index is 0.0775. The van der Waals surface area contributed by atoms with Crippen molar-refractivity contribution >= 4 is 33.3 Å². The van der Waals surface area contributed by atoms with E-state index in [0.717, 1.165) is 11.3 Å². The van der Waals surface area contributed by atoms with E-state index in [1.807, 2.05) is 4.90 Å². The maximum atomic E-state index is 13.2. The molecule has 2 unspecified atom stereocenters. The van der Waals surface area contributed by atoms with Crippen LogP contribution in [0.3, 0.4) is 0 Å². The van der Waals surface area contributed by atoms with Gasteiger partial charge in [0.05, 0.1) is 15.5 Å². The lowest BCUT2D eigenvalue weighted by molar-refractivity contribution is -0.131. The van der Waals surface area contributed by atoms with Crippen molar-refractivity contribution in [1.29, 1.82) is 0 Å². The first-order valence-electron chi connectivity index (χ1n) is 9.96. The van der Waals surface area contributed by atoms with E-state index < -0.39 is 15.6 Å². The highest BCUT2D eigenvalue weighted by Gasteiger charge is 2.38. The standard InChI is InChI=1S/C21H25N3O4S2/c1-14-3-4-19(15(2)7-14)29-11-20(25)24-9-16-8-17(10-24)13-30(27,12-16)23-21(26)18-5-6-28-22-18/h3-7,16-17H,8-13H2,1-2H3. The summed E-state index contributed by atoms with van der Waals surface area (Å²) in [6.45, 7) is 5.27. The van der Waals surface area contributed by atoms with Gasteiger partial charge in [0, 0.05) is 35.6 Å². The molecule has 160 valence electrons. The minimum Gasteiger partial charge on any atom is -0.364 e. The Morgan fingerprint density at radius 3 is 2.60 bits per heavy atom. The second-order valence-electron chi connectivity index (χ2n) is 8.21. The fourth-order valence-corrected chi connectivity index (χ4v) is 7.90. The topological polar surface area (TPSA) is 92.8 Å². The molecule has 2 amide bonds. The van der Waals surface area contributed by atoms with Crippen molar-refractivity contribution in [3.63, 3.8) is 0 Å². The number of nitrogens with zero attached hydrogens (tertiary/aromatic N) is 3. The number of piperidine rings is 1. The Morgan fingerprint density at radius 1 is 1.23 bits per heavy atom. The summed E-state index contributed by atoms with van der Waals surface area (Å²) in [5.74, 6) is 0.823. The van der Waals surface area contributed by atoms with Crippen LogP contribution in [-0.4, -0.2) is 56.4 Å². The van der Waals surface area contributed by atoms with Crippen LogP contribution in [0.5, 0.6) is 0 Å². The number of likely N-dealkylation sites (tertiary alicyclic amines) is 1.